The first-order valence-corrected chi connectivity index (χ1v) is 11.9. The number of piperidine rings is 1. The molecule has 0 bridgehead atoms. The number of carbonyl (C=O) groups excluding carboxylic acids is 1. The van der Waals surface area contributed by atoms with Crippen LogP contribution >= 0.6 is 23.2 Å². The van der Waals surface area contributed by atoms with E-state index in [1.807, 2.05) is 4.90 Å². The molecule has 0 aromatic heterocycles. The summed E-state index contributed by atoms with van der Waals surface area (Å²) in [4.78, 5) is 14.7. The van der Waals surface area contributed by atoms with E-state index in [0.29, 0.717) is 41.5 Å². The number of amides is 1. The lowest BCUT2D eigenvalue weighted by molar-refractivity contribution is -0.136. The van der Waals surface area contributed by atoms with E-state index in [-0.39, 0.29) is 17.6 Å². The van der Waals surface area contributed by atoms with Gasteiger partial charge in [-0.25, -0.2) is 12.7 Å². The van der Waals surface area contributed by atoms with E-state index < -0.39 is 10.0 Å². The first-order chi connectivity index (χ1) is 12.9. The summed E-state index contributed by atoms with van der Waals surface area (Å²) in [6.45, 7) is 2.45. The lowest BCUT2D eigenvalue weighted by Gasteiger charge is -2.33. The van der Waals surface area contributed by atoms with Crippen molar-refractivity contribution in [2.75, 3.05) is 26.2 Å². The molecule has 27 heavy (non-hydrogen) atoms. The molecule has 2 heterocycles. The Morgan fingerprint density at radius 3 is 2.22 bits per heavy atom. The quantitative estimate of drug-likeness (QED) is 0.723. The second-order valence-electron chi connectivity index (χ2n) is 7.40. The fourth-order valence-electron chi connectivity index (χ4n) is 3.86. The van der Waals surface area contributed by atoms with Crippen molar-refractivity contribution < 1.29 is 13.2 Å². The van der Waals surface area contributed by atoms with Gasteiger partial charge in [0.1, 0.15) is 0 Å². The number of hydrogen-bond donors (Lipinski definition) is 0. The smallest absolute Gasteiger partial charge is 0.225 e. The maximum absolute atomic E-state index is 12.8. The van der Waals surface area contributed by atoms with Gasteiger partial charge in [0.25, 0.3) is 0 Å². The van der Waals surface area contributed by atoms with Crippen molar-refractivity contribution in [2.24, 2.45) is 5.92 Å². The van der Waals surface area contributed by atoms with Gasteiger partial charge in [-0.2, -0.15) is 0 Å². The Labute approximate surface area is 171 Å². The number of hydrogen-bond acceptors (Lipinski definition) is 3. The van der Waals surface area contributed by atoms with E-state index in [2.05, 4.69) is 0 Å². The molecule has 1 amide bonds. The minimum absolute atomic E-state index is 0.0614. The summed E-state index contributed by atoms with van der Waals surface area (Å²) in [5.41, 5.74) is 0.545. The molecule has 5 nitrogen and oxygen atoms in total. The molecule has 0 atom stereocenters. The molecule has 0 radical (unpaired) electrons. The van der Waals surface area contributed by atoms with Crippen molar-refractivity contribution in [1.82, 2.24) is 9.21 Å². The Kier molecular flexibility index (Phi) is 7.06. The van der Waals surface area contributed by atoms with Crippen LogP contribution < -0.4 is 0 Å². The number of carbonyl (C=O) groups is 1. The van der Waals surface area contributed by atoms with Crippen LogP contribution in [-0.4, -0.2) is 49.7 Å². The third-order valence-corrected chi connectivity index (χ3v) is 7.88. The minimum atomic E-state index is -3.47. The number of sulfonamides is 1. The molecule has 150 valence electrons. The molecule has 2 aliphatic heterocycles. The summed E-state index contributed by atoms with van der Waals surface area (Å²) in [7, 11) is -3.47. The highest BCUT2D eigenvalue weighted by Crippen LogP contribution is 2.27. The third-order valence-electron chi connectivity index (χ3n) is 5.47. The van der Waals surface area contributed by atoms with Crippen LogP contribution in [0.3, 0.4) is 0 Å². The average Bonchev–Trinajstić information content (AvgIpc) is 2.93. The normalized spacial score (nSPS) is 20.4. The van der Waals surface area contributed by atoms with Gasteiger partial charge in [0, 0.05) is 42.1 Å². The van der Waals surface area contributed by atoms with Gasteiger partial charge in [0.05, 0.1) is 5.75 Å². The van der Waals surface area contributed by atoms with Gasteiger partial charge in [-0.15, -0.1) is 0 Å². The first kappa shape index (κ1) is 20.9. The van der Waals surface area contributed by atoms with Crippen molar-refractivity contribution in [3.05, 3.63) is 33.8 Å². The first-order valence-electron chi connectivity index (χ1n) is 9.57. The molecule has 3 rings (SSSR count). The lowest BCUT2D eigenvalue weighted by atomic mass is 9.96. The van der Waals surface area contributed by atoms with Crippen LogP contribution in [-0.2, 0) is 20.6 Å². The number of likely N-dealkylation sites (tertiary alicyclic amines) is 1. The highest BCUT2D eigenvalue weighted by molar-refractivity contribution is 7.88. The van der Waals surface area contributed by atoms with E-state index >= 15 is 0 Å². The van der Waals surface area contributed by atoms with E-state index in [9.17, 15) is 13.2 Å². The van der Waals surface area contributed by atoms with Gasteiger partial charge in [0.15, 0.2) is 0 Å². The Morgan fingerprint density at radius 2 is 1.63 bits per heavy atom. The van der Waals surface area contributed by atoms with E-state index in [0.717, 1.165) is 25.9 Å². The van der Waals surface area contributed by atoms with Crippen LogP contribution in [0, 0.1) is 5.92 Å². The Morgan fingerprint density at radius 1 is 1.00 bits per heavy atom. The molecule has 0 aliphatic carbocycles. The molecule has 2 aliphatic rings. The zero-order valence-corrected chi connectivity index (χ0v) is 17.7. The molecule has 1 aromatic carbocycles. The van der Waals surface area contributed by atoms with Crippen LogP contribution in [0.15, 0.2) is 18.2 Å². The number of benzene rings is 1. The minimum Gasteiger partial charge on any atom is -0.342 e. The van der Waals surface area contributed by atoms with E-state index in [1.54, 1.807) is 18.2 Å². The summed E-state index contributed by atoms with van der Waals surface area (Å²) in [5, 5.41) is 0.839. The fourth-order valence-corrected chi connectivity index (χ4v) is 6.01. The van der Waals surface area contributed by atoms with Gasteiger partial charge >= 0.3 is 0 Å². The molecule has 0 saturated carbocycles. The molecule has 2 saturated heterocycles. The third kappa shape index (κ3) is 5.37. The van der Waals surface area contributed by atoms with E-state index in [4.69, 9.17) is 23.2 Å². The SMILES string of the molecule is O=C(C1CCN(S(=O)(=O)Cc2ccc(Cl)cc2Cl)CC1)N1CCCCCC1. The molecular weight excluding hydrogens is 407 g/mol. The van der Waals surface area contributed by atoms with Crippen molar-refractivity contribution in [2.45, 2.75) is 44.3 Å². The monoisotopic (exact) mass is 432 g/mol. The zero-order chi connectivity index (χ0) is 19.4. The van der Waals surface area contributed by atoms with Gasteiger partial charge in [0.2, 0.25) is 15.9 Å². The largest absolute Gasteiger partial charge is 0.342 e. The topological polar surface area (TPSA) is 57.7 Å². The summed E-state index contributed by atoms with van der Waals surface area (Å²) in [6, 6.07) is 4.85. The highest BCUT2D eigenvalue weighted by atomic mass is 35.5. The molecule has 1 aromatic rings. The fraction of sp³-hybridized carbons (Fsp3) is 0.632. The summed E-state index contributed by atoms with van der Waals surface area (Å²) in [5.74, 6) is -0.00310. The van der Waals surface area contributed by atoms with Crippen molar-refractivity contribution in [3.8, 4) is 0 Å². The number of rotatable bonds is 4. The highest BCUT2D eigenvalue weighted by Gasteiger charge is 2.33. The molecule has 0 unspecified atom stereocenters. The average molecular weight is 433 g/mol. The molecular formula is C19H26Cl2N2O3S. The summed E-state index contributed by atoms with van der Waals surface area (Å²) in [6.07, 6.45) is 5.69. The van der Waals surface area contributed by atoms with Gasteiger partial charge < -0.3 is 4.90 Å². The van der Waals surface area contributed by atoms with Crippen LogP contribution in [0.2, 0.25) is 10.0 Å². The van der Waals surface area contributed by atoms with Crippen LogP contribution in [0.25, 0.3) is 0 Å². The molecule has 8 heteroatoms. The maximum atomic E-state index is 12.8. The molecule has 0 N–H and O–H groups in total. The van der Waals surface area contributed by atoms with Crippen molar-refractivity contribution in [1.29, 1.82) is 0 Å². The van der Waals surface area contributed by atoms with Crippen molar-refractivity contribution in [3.63, 3.8) is 0 Å². The predicted molar refractivity (Wildman–Crippen MR) is 108 cm³/mol. The van der Waals surface area contributed by atoms with Crippen LogP contribution in [0.4, 0.5) is 0 Å². The Bertz CT molecular complexity index is 769. The molecule has 2 fully saturated rings. The standard InChI is InChI=1S/C19H26Cl2N2O3S/c20-17-6-5-16(18(21)13-17)14-27(25,26)23-11-7-15(8-12-23)19(24)22-9-3-1-2-4-10-22/h5-6,13,15H,1-4,7-12,14H2. The zero-order valence-electron chi connectivity index (χ0n) is 15.4. The van der Waals surface area contributed by atoms with Crippen LogP contribution in [0.5, 0.6) is 0 Å². The predicted octanol–water partition coefficient (Wildman–Crippen LogP) is 3.94. The summed E-state index contributed by atoms with van der Waals surface area (Å²) < 4.78 is 27.0. The lowest BCUT2D eigenvalue weighted by Crippen LogP contribution is -2.44. The van der Waals surface area contributed by atoms with Gasteiger partial charge in [-0.3, -0.25) is 4.79 Å². The van der Waals surface area contributed by atoms with Crippen molar-refractivity contribution >= 4 is 39.1 Å². The summed E-state index contributed by atoms with van der Waals surface area (Å²) >= 11 is 12.0. The second kappa shape index (κ2) is 9.12. The number of halogens is 2. The van der Waals surface area contributed by atoms with E-state index in [1.165, 1.54) is 17.1 Å². The Balaban J connectivity index is 1.58. The second-order valence-corrected chi connectivity index (χ2v) is 10.2. The molecule has 0 spiro atoms. The maximum Gasteiger partial charge on any atom is 0.225 e. The number of nitrogens with zero attached hydrogens (tertiary/aromatic N) is 2. The van der Waals surface area contributed by atoms with Gasteiger partial charge in [-0.05, 0) is 43.4 Å². The van der Waals surface area contributed by atoms with Gasteiger partial charge in [-0.1, -0.05) is 42.1 Å². The van der Waals surface area contributed by atoms with Crippen LogP contribution in [0.1, 0.15) is 44.1 Å². The Hall–Kier alpha value is -0.820.